The molecule has 3 aromatic rings. The summed E-state index contributed by atoms with van der Waals surface area (Å²) in [6.45, 7) is 2.52. The lowest BCUT2D eigenvalue weighted by Crippen LogP contribution is -2.35. The van der Waals surface area contributed by atoms with Crippen LogP contribution in [-0.4, -0.2) is 30.7 Å². The first-order valence-electron chi connectivity index (χ1n) is 9.41. The summed E-state index contributed by atoms with van der Waals surface area (Å²) in [5, 5.41) is 7.92. The van der Waals surface area contributed by atoms with E-state index in [-0.39, 0.29) is 0 Å². The van der Waals surface area contributed by atoms with Gasteiger partial charge in [0.05, 0.1) is 16.8 Å². The standard InChI is InChI=1S/C21H25N3OS/c1-2-10-20-19(9-1)24-21(26-20)23-12-13-25-18-8-5-6-16(15-18)14-17-7-3-4-11-22-17/h1-2,5-6,8-10,15,17,22H,3-4,7,11-14H2,(H,23,24). The molecule has 0 amide bonds. The maximum absolute atomic E-state index is 5.93. The van der Waals surface area contributed by atoms with Crippen LogP contribution < -0.4 is 15.4 Å². The monoisotopic (exact) mass is 367 g/mol. The van der Waals surface area contributed by atoms with Crippen molar-refractivity contribution in [3.8, 4) is 5.75 Å². The topological polar surface area (TPSA) is 46.2 Å². The molecule has 4 nitrogen and oxygen atoms in total. The number of anilines is 1. The fourth-order valence-corrected chi connectivity index (χ4v) is 4.31. The highest BCUT2D eigenvalue weighted by molar-refractivity contribution is 7.22. The van der Waals surface area contributed by atoms with Crippen LogP contribution in [0.3, 0.4) is 0 Å². The second-order valence-electron chi connectivity index (χ2n) is 6.76. The summed E-state index contributed by atoms with van der Waals surface area (Å²) in [5.41, 5.74) is 2.39. The molecule has 0 spiro atoms. The summed E-state index contributed by atoms with van der Waals surface area (Å²) in [6.07, 6.45) is 5.00. The van der Waals surface area contributed by atoms with Crippen molar-refractivity contribution in [2.45, 2.75) is 31.7 Å². The van der Waals surface area contributed by atoms with Gasteiger partial charge in [0.25, 0.3) is 0 Å². The maximum Gasteiger partial charge on any atom is 0.183 e. The zero-order valence-corrected chi connectivity index (χ0v) is 15.7. The van der Waals surface area contributed by atoms with Crippen molar-refractivity contribution in [3.63, 3.8) is 0 Å². The number of thiazole rings is 1. The Balaban J connectivity index is 1.25. The van der Waals surface area contributed by atoms with Crippen LogP contribution in [-0.2, 0) is 6.42 Å². The molecule has 1 aliphatic rings. The first-order chi connectivity index (χ1) is 12.9. The van der Waals surface area contributed by atoms with Gasteiger partial charge in [0.1, 0.15) is 12.4 Å². The molecule has 26 heavy (non-hydrogen) atoms. The molecular weight excluding hydrogens is 342 g/mol. The number of rotatable bonds is 7. The Morgan fingerprint density at radius 3 is 3.00 bits per heavy atom. The van der Waals surface area contributed by atoms with Gasteiger partial charge in [-0.25, -0.2) is 4.98 Å². The van der Waals surface area contributed by atoms with Crippen LogP contribution in [0.1, 0.15) is 24.8 Å². The van der Waals surface area contributed by atoms with Crippen LogP contribution in [0.15, 0.2) is 48.5 Å². The van der Waals surface area contributed by atoms with Gasteiger partial charge in [0.2, 0.25) is 0 Å². The Hall–Kier alpha value is -2.11. The molecular formula is C21H25N3OS. The van der Waals surface area contributed by atoms with Crippen LogP contribution >= 0.6 is 11.3 Å². The molecule has 2 aromatic carbocycles. The van der Waals surface area contributed by atoms with Crippen LogP contribution in [0.2, 0.25) is 0 Å². The smallest absolute Gasteiger partial charge is 0.183 e. The Bertz CT molecular complexity index is 809. The summed E-state index contributed by atoms with van der Waals surface area (Å²) >= 11 is 1.68. The van der Waals surface area contributed by atoms with E-state index in [0.717, 1.165) is 35.9 Å². The lowest BCUT2D eigenvalue weighted by atomic mass is 9.98. The molecule has 4 rings (SSSR count). The summed E-state index contributed by atoms with van der Waals surface area (Å²) < 4.78 is 7.13. The average molecular weight is 368 g/mol. The molecule has 0 radical (unpaired) electrons. The second-order valence-corrected chi connectivity index (χ2v) is 7.79. The zero-order valence-electron chi connectivity index (χ0n) is 14.9. The maximum atomic E-state index is 5.93. The highest BCUT2D eigenvalue weighted by Crippen LogP contribution is 2.25. The molecule has 1 aromatic heterocycles. The van der Waals surface area contributed by atoms with E-state index in [1.165, 1.54) is 29.5 Å². The SMILES string of the molecule is c1cc(CC2CCCCN2)cc(OCCNc2nc3ccccc3s2)c1. The minimum atomic E-state index is 0.611. The highest BCUT2D eigenvalue weighted by Gasteiger charge is 2.13. The minimum Gasteiger partial charge on any atom is -0.492 e. The van der Waals surface area contributed by atoms with E-state index in [2.05, 4.69) is 39.9 Å². The molecule has 5 heteroatoms. The van der Waals surface area contributed by atoms with Crippen molar-refractivity contribution >= 4 is 26.7 Å². The minimum absolute atomic E-state index is 0.611. The molecule has 1 atom stereocenters. The van der Waals surface area contributed by atoms with Gasteiger partial charge in [-0.15, -0.1) is 0 Å². The lowest BCUT2D eigenvalue weighted by molar-refractivity contribution is 0.332. The van der Waals surface area contributed by atoms with Gasteiger partial charge in [-0.1, -0.05) is 42.0 Å². The van der Waals surface area contributed by atoms with Crippen molar-refractivity contribution in [2.24, 2.45) is 0 Å². The first-order valence-corrected chi connectivity index (χ1v) is 10.2. The Labute approximate surface area is 158 Å². The van der Waals surface area contributed by atoms with Gasteiger partial charge in [0.15, 0.2) is 5.13 Å². The summed E-state index contributed by atoms with van der Waals surface area (Å²) in [7, 11) is 0. The number of hydrogen-bond donors (Lipinski definition) is 2. The quantitative estimate of drug-likeness (QED) is 0.605. The largest absolute Gasteiger partial charge is 0.492 e. The zero-order chi connectivity index (χ0) is 17.6. The van der Waals surface area contributed by atoms with Gasteiger partial charge < -0.3 is 15.4 Å². The average Bonchev–Trinajstić information content (AvgIpc) is 3.09. The number of aromatic nitrogens is 1. The first kappa shape index (κ1) is 17.3. The number of fused-ring (bicyclic) bond motifs is 1. The van der Waals surface area contributed by atoms with Crippen molar-refractivity contribution in [1.82, 2.24) is 10.3 Å². The van der Waals surface area contributed by atoms with Crippen LogP contribution in [0.5, 0.6) is 5.75 Å². The molecule has 0 saturated carbocycles. The van der Waals surface area contributed by atoms with E-state index >= 15 is 0 Å². The van der Waals surface area contributed by atoms with E-state index in [0.29, 0.717) is 12.6 Å². The molecule has 1 fully saturated rings. The van der Waals surface area contributed by atoms with Crippen LogP contribution in [0, 0.1) is 0 Å². The molecule has 1 saturated heterocycles. The number of benzene rings is 2. The molecule has 2 N–H and O–H groups in total. The summed E-state index contributed by atoms with van der Waals surface area (Å²) in [5.74, 6) is 0.949. The number of hydrogen-bond acceptors (Lipinski definition) is 5. The van der Waals surface area contributed by atoms with E-state index in [9.17, 15) is 0 Å². The van der Waals surface area contributed by atoms with E-state index in [1.807, 2.05) is 24.3 Å². The van der Waals surface area contributed by atoms with E-state index in [4.69, 9.17) is 4.74 Å². The number of piperidine rings is 1. The number of ether oxygens (including phenoxy) is 1. The molecule has 2 heterocycles. The van der Waals surface area contributed by atoms with Crippen molar-refractivity contribution < 1.29 is 4.74 Å². The number of nitrogens with one attached hydrogen (secondary N) is 2. The van der Waals surface area contributed by atoms with Crippen LogP contribution in [0.25, 0.3) is 10.2 Å². The third-order valence-corrected chi connectivity index (χ3v) is 5.73. The normalized spacial score (nSPS) is 17.3. The predicted octanol–water partition coefficient (Wildman–Crippen LogP) is 4.47. The molecule has 0 aliphatic carbocycles. The van der Waals surface area contributed by atoms with Crippen molar-refractivity contribution in [3.05, 3.63) is 54.1 Å². The van der Waals surface area contributed by atoms with Gasteiger partial charge >= 0.3 is 0 Å². The third-order valence-electron chi connectivity index (χ3n) is 4.73. The predicted molar refractivity (Wildman–Crippen MR) is 109 cm³/mol. The number of nitrogens with zero attached hydrogens (tertiary/aromatic N) is 1. The van der Waals surface area contributed by atoms with Crippen molar-refractivity contribution in [2.75, 3.05) is 25.0 Å². The van der Waals surface area contributed by atoms with Gasteiger partial charge in [-0.05, 0) is 55.6 Å². The third kappa shape index (κ3) is 4.54. The highest BCUT2D eigenvalue weighted by atomic mass is 32.1. The molecule has 0 bridgehead atoms. The van der Waals surface area contributed by atoms with Gasteiger partial charge in [-0.2, -0.15) is 0 Å². The fraction of sp³-hybridized carbons (Fsp3) is 0.381. The van der Waals surface area contributed by atoms with E-state index in [1.54, 1.807) is 11.3 Å². The molecule has 1 unspecified atom stereocenters. The van der Waals surface area contributed by atoms with Gasteiger partial charge in [0, 0.05) is 6.04 Å². The Kier molecular flexibility index (Phi) is 5.67. The lowest BCUT2D eigenvalue weighted by Gasteiger charge is -2.23. The van der Waals surface area contributed by atoms with Crippen molar-refractivity contribution in [1.29, 1.82) is 0 Å². The van der Waals surface area contributed by atoms with Gasteiger partial charge in [-0.3, -0.25) is 0 Å². The van der Waals surface area contributed by atoms with Crippen LogP contribution in [0.4, 0.5) is 5.13 Å². The summed E-state index contributed by atoms with van der Waals surface area (Å²) in [6, 6.07) is 17.3. The molecule has 136 valence electrons. The second kappa shape index (κ2) is 8.52. The number of para-hydroxylation sites is 1. The summed E-state index contributed by atoms with van der Waals surface area (Å²) in [4.78, 5) is 4.58. The molecule has 1 aliphatic heterocycles. The van der Waals surface area contributed by atoms with E-state index < -0.39 is 0 Å². The Morgan fingerprint density at radius 1 is 1.15 bits per heavy atom. The fourth-order valence-electron chi connectivity index (χ4n) is 3.42. The Morgan fingerprint density at radius 2 is 2.12 bits per heavy atom.